The Bertz CT molecular complexity index is 217. The van der Waals surface area contributed by atoms with Crippen molar-refractivity contribution in [2.45, 2.75) is 26.7 Å². The van der Waals surface area contributed by atoms with Crippen LogP contribution in [-0.2, 0) is 0 Å². The Hall–Kier alpha value is -0.300. The van der Waals surface area contributed by atoms with Gasteiger partial charge in [0.2, 0.25) is 0 Å². The van der Waals surface area contributed by atoms with Gasteiger partial charge in [0, 0.05) is 13.1 Å². The van der Waals surface area contributed by atoms with Crippen LogP contribution in [0.4, 0.5) is 0 Å². The lowest BCUT2D eigenvalue weighted by Gasteiger charge is -2.28. The Kier molecular flexibility index (Phi) is 2.46. The average molecular weight is 179 g/mol. The molecule has 0 saturated carbocycles. The maximum absolute atomic E-state index is 2.50. The summed E-state index contributed by atoms with van der Waals surface area (Å²) in [6, 6.07) is 0. The Morgan fingerprint density at radius 2 is 2.15 bits per heavy atom. The van der Waals surface area contributed by atoms with E-state index in [0.29, 0.717) is 0 Å². The van der Waals surface area contributed by atoms with E-state index in [2.05, 4.69) is 31.9 Å². The van der Waals surface area contributed by atoms with Crippen LogP contribution in [0.5, 0.6) is 0 Å². The predicted molar refractivity (Wildman–Crippen MR) is 56.6 cm³/mol. The second kappa shape index (κ2) is 3.45. The molecule has 0 amide bonds. The van der Waals surface area contributed by atoms with Crippen LogP contribution in [-0.4, -0.2) is 25.0 Å². The molecule has 0 radical (unpaired) electrons. The molecule has 2 unspecified atom stereocenters. The van der Waals surface area contributed by atoms with Crippen molar-refractivity contribution in [1.82, 2.24) is 4.90 Å². The maximum Gasteiger partial charge on any atom is 0.00473 e. The first kappa shape index (κ1) is 9.26. The number of allylic oxidation sites excluding steroid dienone is 1. The van der Waals surface area contributed by atoms with E-state index in [1.807, 2.05) is 0 Å². The molecule has 0 aromatic carbocycles. The first-order chi connectivity index (χ1) is 6.18. The fourth-order valence-electron chi connectivity index (χ4n) is 3.04. The van der Waals surface area contributed by atoms with Crippen molar-refractivity contribution in [2.75, 3.05) is 20.1 Å². The zero-order chi connectivity index (χ0) is 9.42. The molecule has 1 heterocycles. The Morgan fingerprint density at radius 1 is 1.38 bits per heavy atom. The molecule has 0 bridgehead atoms. The molecule has 74 valence electrons. The fourth-order valence-corrected chi connectivity index (χ4v) is 3.04. The van der Waals surface area contributed by atoms with Crippen molar-refractivity contribution >= 4 is 0 Å². The minimum Gasteiger partial charge on any atom is -0.305 e. The lowest BCUT2D eigenvalue weighted by Crippen LogP contribution is -2.21. The molecule has 1 fully saturated rings. The van der Waals surface area contributed by atoms with Crippen molar-refractivity contribution in [3.8, 4) is 0 Å². The minimum absolute atomic E-state index is 0.763. The van der Waals surface area contributed by atoms with Gasteiger partial charge in [-0.3, -0.25) is 0 Å². The number of rotatable bonds is 1. The van der Waals surface area contributed by atoms with Crippen molar-refractivity contribution in [3.63, 3.8) is 0 Å². The van der Waals surface area contributed by atoms with Crippen LogP contribution < -0.4 is 0 Å². The SMILES string of the molecule is CC(C)C1=CCCC2CN(C)CC12. The molecule has 1 aliphatic heterocycles. The van der Waals surface area contributed by atoms with Gasteiger partial charge in [0.05, 0.1) is 0 Å². The van der Waals surface area contributed by atoms with E-state index < -0.39 is 0 Å². The van der Waals surface area contributed by atoms with E-state index in [-0.39, 0.29) is 0 Å². The number of nitrogens with zero attached hydrogens (tertiary/aromatic N) is 1. The van der Waals surface area contributed by atoms with Crippen molar-refractivity contribution in [1.29, 1.82) is 0 Å². The normalized spacial score (nSPS) is 34.9. The first-order valence-corrected chi connectivity index (χ1v) is 5.57. The van der Waals surface area contributed by atoms with Crippen molar-refractivity contribution in [3.05, 3.63) is 11.6 Å². The second-order valence-electron chi connectivity index (χ2n) is 5.02. The molecular formula is C12H21N. The molecule has 13 heavy (non-hydrogen) atoms. The molecule has 0 aromatic heterocycles. The molecule has 2 rings (SSSR count). The lowest BCUT2D eigenvalue weighted by atomic mass is 9.77. The molecule has 0 aromatic rings. The van der Waals surface area contributed by atoms with Gasteiger partial charge in [-0.25, -0.2) is 0 Å². The highest BCUT2D eigenvalue weighted by molar-refractivity contribution is 5.16. The van der Waals surface area contributed by atoms with E-state index in [9.17, 15) is 0 Å². The molecule has 1 aliphatic carbocycles. The predicted octanol–water partition coefficient (Wildman–Crippen LogP) is 2.54. The lowest BCUT2D eigenvalue weighted by molar-refractivity contribution is 0.383. The number of likely N-dealkylation sites (tertiary alicyclic amines) is 1. The van der Waals surface area contributed by atoms with Crippen LogP contribution in [0.25, 0.3) is 0 Å². The molecular weight excluding hydrogens is 158 g/mol. The summed E-state index contributed by atoms with van der Waals surface area (Å²) in [6.07, 6.45) is 5.25. The summed E-state index contributed by atoms with van der Waals surface area (Å²) in [5.74, 6) is 2.62. The number of hydrogen-bond acceptors (Lipinski definition) is 1. The van der Waals surface area contributed by atoms with E-state index >= 15 is 0 Å². The average Bonchev–Trinajstić information content (AvgIpc) is 2.43. The smallest absolute Gasteiger partial charge is 0.00473 e. The first-order valence-electron chi connectivity index (χ1n) is 5.57. The van der Waals surface area contributed by atoms with Gasteiger partial charge in [0.1, 0.15) is 0 Å². The summed E-state index contributed by atoms with van der Waals surface area (Å²) < 4.78 is 0. The molecule has 2 aliphatic rings. The van der Waals surface area contributed by atoms with Crippen LogP contribution in [0.2, 0.25) is 0 Å². The van der Waals surface area contributed by atoms with Gasteiger partial charge >= 0.3 is 0 Å². The fraction of sp³-hybridized carbons (Fsp3) is 0.833. The Balaban J connectivity index is 2.15. The zero-order valence-corrected chi connectivity index (χ0v) is 9.09. The van der Waals surface area contributed by atoms with Crippen molar-refractivity contribution < 1.29 is 0 Å². The van der Waals surface area contributed by atoms with Gasteiger partial charge in [-0.2, -0.15) is 0 Å². The summed E-state index contributed by atoms with van der Waals surface area (Å²) in [5, 5.41) is 0. The topological polar surface area (TPSA) is 3.24 Å². The van der Waals surface area contributed by atoms with Gasteiger partial charge in [-0.1, -0.05) is 25.5 Å². The van der Waals surface area contributed by atoms with Gasteiger partial charge in [-0.15, -0.1) is 0 Å². The number of fused-ring (bicyclic) bond motifs is 1. The molecule has 0 N–H and O–H groups in total. The highest BCUT2D eigenvalue weighted by Gasteiger charge is 2.35. The van der Waals surface area contributed by atoms with Crippen LogP contribution in [0.3, 0.4) is 0 Å². The molecule has 1 heteroatoms. The molecule has 2 atom stereocenters. The standard InChI is InChI=1S/C12H21N/c1-9(2)11-6-4-5-10-7-13(3)8-12(10)11/h6,9-10,12H,4-5,7-8H2,1-3H3. The van der Waals surface area contributed by atoms with E-state index in [4.69, 9.17) is 0 Å². The molecule has 0 spiro atoms. The summed E-state index contributed by atoms with van der Waals surface area (Å²) >= 11 is 0. The van der Waals surface area contributed by atoms with Crippen LogP contribution in [0.1, 0.15) is 26.7 Å². The highest BCUT2D eigenvalue weighted by atomic mass is 15.1. The second-order valence-corrected chi connectivity index (χ2v) is 5.02. The van der Waals surface area contributed by atoms with Gasteiger partial charge in [0.25, 0.3) is 0 Å². The van der Waals surface area contributed by atoms with Gasteiger partial charge in [0.15, 0.2) is 0 Å². The summed E-state index contributed by atoms with van der Waals surface area (Å²) in [5.41, 5.74) is 1.74. The van der Waals surface area contributed by atoms with Crippen LogP contribution >= 0.6 is 0 Å². The quantitative estimate of drug-likeness (QED) is 0.559. The summed E-state index contributed by atoms with van der Waals surface area (Å²) in [6.45, 7) is 7.31. The third kappa shape index (κ3) is 1.67. The monoisotopic (exact) mass is 179 g/mol. The van der Waals surface area contributed by atoms with Gasteiger partial charge in [-0.05, 0) is 37.6 Å². The largest absolute Gasteiger partial charge is 0.305 e. The van der Waals surface area contributed by atoms with Crippen LogP contribution in [0, 0.1) is 17.8 Å². The summed E-state index contributed by atoms with van der Waals surface area (Å²) in [7, 11) is 2.26. The Morgan fingerprint density at radius 3 is 2.85 bits per heavy atom. The van der Waals surface area contributed by atoms with E-state index in [1.165, 1.54) is 25.9 Å². The van der Waals surface area contributed by atoms with Crippen LogP contribution in [0.15, 0.2) is 11.6 Å². The zero-order valence-electron chi connectivity index (χ0n) is 9.09. The Labute approximate surface area is 81.8 Å². The third-order valence-corrected chi connectivity index (χ3v) is 3.64. The minimum atomic E-state index is 0.763. The van der Waals surface area contributed by atoms with Gasteiger partial charge < -0.3 is 4.90 Å². The van der Waals surface area contributed by atoms with E-state index in [0.717, 1.165) is 17.8 Å². The number of hydrogen-bond donors (Lipinski definition) is 0. The maximum atomic E-state index is 2.50. The highest BCUT2D eigenvalue weighted by Crippen LogP contribution is 2.39. The van der Waals surface area contributed by atoms with E-state index in [1.54, 1.807) is 5.57 Å². The van der Waals surface area contributed by atoms with Crippen molar-refractivity contribution in [2.24, 2.45) is 17.8 Å². The molecule has 1 saturated heterocycles. The summed E-state index contributed by atoms with van der Waals surface area (Å²) in [4.78, 5) is 2.50. The third-order valence-electron chi connectivity index (χ3n) is 3.64. The molecule has 1 nitrogen and oxygen atoms in total.